The summed E-state index contributed by atoms with van der Waals surface area (Å²) in [5.74, 6) is -1.18. The first-order valence-electron chi connectivity index (χ1n) is 21.5. The van der Waals surface area contributed by atoms with Crippen LogP contribution in [0.3, 0.4) is 0 Å². The maximum absolute atomic E-state index is 13.3. The summed E-state index contributed by atoms with van der Waals surface area (Å²) in [6.07, 6.45) is 5.22. The summed E-state index contributed by atoms with van der Waals surface area (Å²) in [5.41, 5.74) is 0.319. The van der Waals surface area contributed by atoms with Crippen molar-refractivity contribution in [2.75, 3.05) is 71.5 Å². The SMILES string of the molecule is CN1C(=O)C[C@H](C(=O)NCCO[C@H]2CC[C@@H](OCCCC(=O)NCCOCCC(=O)NCCN3CC[C@H](Nc4ncnc5ccc(C(F)(F)F)cc45)C3=O)CC2)[C@H]1c1cccnc1. The lowest BCUT2D eigenvalue weighted by atomic mass is 9.94. The first-order chi connectivity index (χ1) is 30.4. The normalized spacial score (nSPS) is 21.5. The van der Waals surface area contributed by atoms with Gasteiger partial charge in [0.25, 0.3) is 0 Å². The predicted molar refractivity (Wildman–Crippen MR) is 223 cm³/mol. The number of halogens is 3. The molecule has 6 rings (SSSR count). The van der Waals surface area contributed by atoms with Gasteiger partial charge in [0, 0.05) is 83.4 Å². The molecular weight excluding hydrogens is 828 g/mol. The quantitative estimate of drug-likeness (QED) is 0.108. The van der Waals surface area contributed by atoms with Gasteiger partial charge in [-0.05, 0) is 68.4 Å². The number of anilines is 1. The molecule has 342 valence electrons. The second-order valence-corrected chi connectivity index (χ2v) is 15.9. The molecule has 0 unspecified atom stereocenters. The summed E-state index contributed by atoms with van der Waals surface area (Å²) in [6, 6.07) is 5.84. The highest BCUT2D eigenvalue weighted by molar-refractivity contribution is 5.93. The molecule has 17 nitrogen and oxygen atoms in total. The van der Waals surface area contributed by atoms with Crippen molar-refractivity contribution in [3.05, 3.63) is 60.2 Å². The van der Waals surface area contributed by atoms with E-state index in [1.54, 1.807) is 35.3 Å². The molecule has 0 bridgehead atoms. The van der Waals surface area contributed by atoms with Gasteiger partial charge in [0.1, 0.15) is 18.2 Å². The molecular formula is C43H56F3N9O8. The van der Waals surface area contributed by atoms with Gasteiger partial charge in [-0.15, -0.1) is 0 Å². The minimum atomic E-state index is -4.53. The Morgan fingerprint density at radius 2 is 1.59 bits per heavy atom. The lowest BCUT2D eigenvalue weighted by Crippen LogP contribution is -2.39. The average molecular weight is 884 g/mol. The van der Waals surface area contributed by atoms with Crippen LogP contribution in [0.15, 0.2) is 49.1 Å². The van der Waals surface area contributed by atoms with Gasteiger partial charge < -0.3 is 45.3 Å². The van der Waals surface area contributed by atoms with Gasteiger partial charge in [-0.2, -0.15) is 13.2 Å². The smallest absolute Gasteiger partial charge is 0.379 e. The lowest BCUT2D eigenvalue weighted by Gasteiger charge is -2.29. The van der Waals surface area contributed by atoms with Crippen molar-refractivity contribution in [1.29, 1.82) is 0 Å². The van der Waals surface area contributed by atoms with E-state index in [0.29, 0.717) is 57.6 Å². The van der Waals surface area contributed by atoms with E-state index < -0.39 is 23.7 Å². The molecule has 2 aromatic heterocycles. The minimum absolute atomic E-state index is 0.0689. The molecule has 4 heterocycles. The van der Waals surface area contributed by atoms with Crippen molar-refractivity contribution >= 4 is 46.3 Å². The number of alkyl halides is 3. The van der Waals surface area contributed by atoms with E-state index in [1.165, 1.54) is 12.4 Å². The number of nitrogens with zero attached hydrogens (tertiary/aromatic N) is 5. The summed E-state index contributed by atoms with van der Waals surface area (Å²) < 4.78 is 57.4. The number of likely N-dealkylation sites (tertiary alicyclic amines) is 2. The maximum atomic E-state index is 13.3. The first-order valence-corrected chi connectivity index (χ1v) is 21.5. The number of fused-ring (bicyclic) bond motifs is 1. The summed E-state index contributed by atoms with van der Waals surface area (Å²) >= 11 is 0. The number of amides is 5. The topological polar surface area (TPSA) is 206 Å². The van der Waals surface area contributed by atoms with Crippen LogP contribution in [-0.4, -0.2) is 139 Å². The van der Waals surface area contributed by atoms with Crippen molar-refractivity contribution in [3.63, 3.8) is 0 Å². The van der Waals surface area contributed by atoms with Gasteiger partial charge >= 0.3 is 6.18 Å². The number of rotatable bonds is 22. The van der Waals surface area contributed by atoms with Crippen molar-refractivity contribution in [2.24, 2.45) is 5.92 Å². The highest BCUT2D eigenvalue weighted by atomic mass is 19.4. The Hall–Kier alpha value is -5.47. The van der Waals surface area contributed by atoms with Gasteiger partial charge in [0.2, 0.25) is 29.5 Å². The zero-order valence-electron chi connectivity index (χ0n) is 35.4. The Morgan fingerprint density at radius 3 is 2.33 bits per heavy atom. The molecule has 4 N–H and O–H groups in total. The third kappa shape index (κ3) is 13.5. The van der Waals surface area contributed by atoms with Crippen molar-refractivity contribution in [3.8, 4) is 0 Å². The zero-order chi connectivity index (χ0) is 44.8. The second-order valence-electron chi connectivity index (χ2n) is 15.9. The average Bonchev–Trinajstić information content (AvgIpc) is 3.78. The molecule has 1 aromatic carbocycles. The summed E-state index contributed by atoms with van der Waals surface area (Å²) in [7, 11) is 1.71. The number of benzene rings is 1. The number of carbonyl (C=O) groups excluding carboxylic acids is 5. The number of ether oxygens (including phenoxy) is 3. The Morgan fingerprint density at radius 1 is 0.857 bits per heavy atom. The summed E-state index contributed by atoms with van der Waals surface area (Å²) in [6.45, 7) is 2.83. The minimum Gasteiger partial charge on any atom is -0.379 e. The number of nitrogens with one attached hydrogen (secondary N) is 4. The standard InChI is InChI=1S/C43H56F3N9O8/c1-54-38(58)25-33(39(54)28-4-2-14-47-26-28)41(59)50-17-23-63-31-9-7-30(8-10-31)62-20-3-5-36(56)49-16-22-61-21-13-37(57)48-15-19-55-18-12-35(42(55)60)53-40-32-24-29(43(44,45)46)6-11-34(32)51-27-52-40/h2,4,6,11,14,24,26-27,30-31,33,35,39H,3,5,7-10,12-13,15-23,25H2,1H3,(H,48,57)(H,49,56)(H,50,59)(H,51,52,53)/t30-,31+,33-,35-,39+/m0/s1. The van der Waals surface area contributed by atoms with Gasteiger partial charge in [-0.1, -0.05) is 6.07 Å². The Balaban J connectivity index is 0.735. The van der Waals surface area contributed by atoms with Gasteiger partial charge in [0.15, 0.2) is 0 Å². The molecule has 1 saturated carbocycles. The fraction of sp³-hybridized carbons (Fsp3) is 0.581. The predicted octanol–water partition coefficient (Wildman–Crippen LogP) is 3.16. The Labute approximate surface area is 363 Å². The van der Waals surface area contributed by atoms with Crippen molar-refractivity contribution in [1.82, 2.24) is 40.7 Å². The lowest BCUT2D eigenvalue weighted by molar-refractivity contribution is -0.137. The third-order valence-electron chi connectivity index (χ3n) is 11.5. The molecule has 0 radical (unpaired) electrons. The van der Waals surface area contributed by atoms with Crippen LogP contribution >= 0.6 is 0 Å². The monoisotopic (exact) mass is 883 g/mol. The molecule has 63 heavy (non-hydrogen) atoms. The molecule has 5 amide bonds. The van der Waals surface area contributed by atoms with E-state index in [0.717, 1.165) is 43.4 Å². The molecule has 3 aliphatic rings. The highest BCUT2D eigenvalue weighted by Gasteiger charge is 2.42. The Kier molecular flexibility index (Phi) is 17.0. The summed E-state index contributed by atoms with van der Waals surface area (Å²) in [5, 5.41) is 11.6. The van der Waals surface area contributed by atoms with Crippen LogP contribution in [0.2, 0.25) is 0 Å². The molecule has 0 spiro atoms. The van der Waals surface area contributed by atoms with E-state index >= 15 is 0 Å². The van der Waals surface area contributed by atoms with E-state index in [4.69, 9.17) is 14.2 Å². The largest absolute Gasteiger partial charge is 0.416 e. The highest BCUT2D eigenvalue weighted by Crippen LogP contribution is 2.37. The molecule has 20 heteroatoms. The second kappa shape index (κ2) is 22.8. The number of aromatic nitrogens is 3. The van der Waals surface area contributed by atoms with E-state index in [2.05, 4.69) is 36.2 Å². The molecule has 3 fully saturated rings. The van der Waals surface area contributed by atoms with Crippen LogP contribution < -0.4 is 21.3 Å². The van der Waals surface area contributed by atoms with Gasteiger partial charge in [0.05, 0.1) is 55.1 Å². The van der Waals surface area contributed by atoms with Crippen LogP contribution in [-0.2, 0) is 44.4 Å². The molecule has 1 aliphatic carbocycles. The molecule has 2 saturated heterocycles. The number of carbonyl (C=O) groups is 5. The van der Waals surface area contributed by atoms with E-state index in [1.807, 2.05) is 6.07 Å². The van der Waals surface area contributed by atoms with Crippen molar-refractivity contribution < 1.29 is 51.4 Å². The maximum Gasteiger partial charge on any atom is 0.416 e. The van der Waals surface area contributed by atoms with Gasteiger partial charge in [-0.3, -0.25) is 29.0 Å². The van der Waals surface area contributed by atoms with Crippen LogP contribution in [0, 0.1) is 5.92 Å². The third-order valence-corrected chi connectivity index (χ3v) is 11.5. The zero-order valence-corrected chi connectivity index (χ0v) is 35.4. The van der Waals surface area contributed by atoms with Crippen LogP contribution in [0.25, 0.3) is 10.9 Å². The fourth-order valence-corrected chi connectivity index (χ4v) is 8.14. The number of pyridine rings is 1. The molecule has 2 aliphatic heterocycles. The van der Waals surface area contributed by atoms with Crippen LogP contribution in [0.5, 0.6) is 0 Å². The van der Waals surface area contributed by atoms with E-state index in [-0.39, 0.29) is 98.1 Å². The Bertz CT molecular complexity index is 2020. The molecule has 3 atom stereocenters. The van der Waals surface area contributed by atoms with Crippen LogP contribution in [0.4, 0.5) is 19.0 Å². The molecule has 3 aromatic rings. The number of hydrogen-bond donors (Lipinski definition) is 4. The summed E-state index contributed by atoms with van der Waals surface area (Å²) in [4.78, 5) is 78.3. The van der Waals surface area contributed by atoms with Crippen molar-refractivity contribution in [2.45, 2.75) is 88.3 Å². The van der Waals surface area contributed by atoms with E-state index in [9.17, 15) is 37.1 Å². The first kappa shape index (κ1) is 47.0. The fourth-order valence-electron chi connectivity index (χ4n) is 8.14. The van der Waals surface area contributed by atoms with Crippen LogP contribution in [0.1, 0.15) is 75.0 Å². The number of hydrogen-bond acceptors (Lipinski definition) is 12. The van der Waals surface area contributed by atoms with Gasteiger partial charge in [-0.25, -0.2) is 9.97 Å².